The first-order valence-corrected chi connectivity index (χ1v) is 7.81. The number of nitrogens with one attached hydrogen (secondary N) is 1. The fourth-order valence-electron chi connectivity index (χ4n) is 2.14. The summed E-state index contributed by atoms with van der Waals surface area (Å²) in [6.45, 7) is 11.8. The molecular weight excluding hydrogens is 246 g/mol. The molecule has 1 aromatic carbocycles. The first kappa shape index (κ1) is 17.2. The van der Waals surface area contributed by atoms with Crippen molar-refractivity contribution in [2.45, 2.75) is 53.2 Å². The van der Waals surface area contributed by atoms with Crippen molar-refractivity contribution in [2.75, 3.05) is 13.7 Å². The number of hydrogen-bond acceptors (Lipinski definition) is 2. The summed E-state index contributed by atoms with van der Waals surface area (Å²) in [6, 6.07) is 9.20. The van der Waals surface area contributed by atoms with Crippen molar-refractivity contribution in [3.05, 3.63) is 35.4 Å². The van der Waals surface area contributed by atoms with Crippen molar-refractivity contribution < 1.29 is 4.74 Å². The summed E-state index contributed by atoms with van der Waals surface area (Å²) in [7, 11) is 2.00. The molecule has 0 aliphatic heterocycles. The minimum Gasteiger partial charge on any atom is -0.376 e. The molecule has 0 bridgehead atoms. The van der Waals surface area contributed by atoms with Crippen LogP contribution in [0.5, 0.6) is 0 Å². The predicted octanol–water partition coefficient (Wildman–Crippen LogP) is 4.21. The number of hydrogen-bond donors (Lipinski definition) is 1. The first-order chi connectivity index (χ1) is 9.43. The maximum absolute atomic E-state index is 5.94. The minimum atomic E-state index is 0.268. The third-order valence-electron chi connectivity index (χ3n) is 3.84. The molecule has 0 amide bonds. The van der Waals surface area contributed by atoms with Crippen molar-refractivity contribution in [3.63, 3.8) is 0 Å². The van der Waals surface area contributed by atoms with Crippen LogP contribution in [0.1, 0.15) is 51.8 Å². The number of benzene rings is 1. The van der Waals surface area contributed by atoms with E-state index in [1.165, 1.54) is 11.1 Å². The Balaban J connectivity index is 2.61. The molecule has 1 rings (SSSR count). The molecule has 0 heterocycles. The highest BCUT2D eigenvalue weighted by Crippen LogP contribution is 2.17. The Kier molecular flexibility index (Phi) is 7.25. The van der Waals surface area contributed by atoms with Gasteiger partial charge in [0.1, 0.15) is 0 Å². The van der Waals surface area contributed by atoms with Gasteiger partial charge in [-0.2, -0.15) is 0 Å². The van der Waals surface area contributed by atoms with Gasteiger partial charge in [0, 0.05) is 0 Å². The van der Waals surface area contributed by atoms with Crippen molar-refractivity contribution in [1.29, 1.82) is 0 Å². The van der Waals surface area contributed by atoms with Gasteiger partial charge in [-0.3, -0.25) is 0 Å². The van der Waals surface area contributed by atoms with E-state index in [4.69, 9.17) is 4.74 Å². The Hall–Kier alpha value is -0.860. The van der Waals surface area contributed by atoms with E-state index in [0.29, 0.717) is 17.9 Å². The lowest BCUT2D eigenvalue weighted by Gasteiger charge is -2.22. The Bertz CT molecular complexity index is 370. The maximum atomic E-state index is 5.94. The molecule has 2 heteroatoms. The maximum Gasteiger partial charge on any atom is 0.0665 e. The van der Waals surface area contributed by atoms with Gasteiger partial charge in [0.15, 0.2) is 0 Å². The molecule has 0 spiro atoms. The van der Waals surface area contributed by atoms with Crippen molar-refractivity contribution in [3.8, 4) is 0 Å². The second kappa shape index (κ2) is 8.43. The molecule has 1 N–H and O–H groups in total. The zero-order valence-corrected chi connectivity index (χ0v) is 13.9. The zero-order valence-electron chi connectivity index (χ0n) is 13.9. The first-order valence-electron chi connectivity index (χ1n) is 7.81. The molecule has 2 unspecified atom stereocenters. The molecule has 0 aliphatic carbocycles. The fourth-order valence-corrected chi connectivity index (χ4v) is 2.14. The van der Waals surface area contributed by atoms with Crippen molar-refractivity contribution >= 4 is 0 Å². The quantitative estimate of drug-likeness (QED) is 0.768. The molecule has 0 aromatic heterocycles. The molecule has 0 saturated heterocycles. The fraction of sp³-hybridized carbons (Fsp3) is 0.667. The van der Waals surface area contributed by atoms with E-state index in [9.17, 15) is 0 Å². The summed E-state index contributed by atoms with van der Waals surface area (Å²) in [6.07, 6.45) is 1.44. The third-order valence-corrected chi connectivity index (χ3v) is 3.84. The topological polar surface area (TPSA) is 21.3 Å². The van der Waals surface area contributed by atoms with Crippen LogP contribution >= 0.6 is 0 Å². The van der Waals surface area contributed by atoms with Crippen LogP contribution in [0, 0.1) is 11.8 Å². The van der Waals surface area contributed by atoms with Crippen LogP contribution < -0.4 is 5.32 Å². The Morgan fingerprint density at radius 3 is 2.05 bits per heavy atom. The normalized spacial score (nSPS) is 14.8. The Labute approximate surface area is 124 Å². The summed E-state index contributed by atoms with van der Waals surface area (Å²) >= 11 is 0. The van der Waals surface area contributed by atoms with Gasteiger partial charge >= 0.3 is 0 Å². The van der Waals surface area contributed by atoms with Crippen LogP contribution in [0.25, 0.3) is 0 Å². The van der Waals surface area contributed by atoms with E-state index in [1.807, 2.05) is 7.05 Å². The van der Waals surface area contributed by atoms with Crippen LogP contribution in [0.2, 0.25) is 0 Å². The average Bonchev–Trinajstić information content (AvgIpc) is 2.40. The van der Waals surface area contributed by atoms with E-state index in [1.54, 1.807) is 0 Å². The molecular formula is C18H31NO. The zero-order chi connectivity index (χ0) is 15.1. The lowest BCUT2D eigenvalue weighted by molar-refractivity contribution is 0.0229. The van der Waals surface area contributed by atoms with Gasteiger partial charge in [0.05, 0.1) is 18.8 Å². The summed E-state index contributed by atoms with van der Waals surface area (Å²) < 4.78 is 5.94. The number of ether oxygens (including phenoxy) is 1. The van der Waals surface area contributed by atoms with Crippen LogP contribution in [0.15, 0.2) is 24.3 Å². The summed E-state index contributed by atoms with van der Waals surface area (Å²) in [5, 5.41) is 3.35. The summed E-state index contributed by atoms with van der Waals surface area (Å²) in [5.41, 5.74) is 2.71. The van der Waals surface area contributed by atoms with Crippen LogP contribution in [0.4, 0.5) is 0 Å². The Morgan fingerprint density at radius 2 is 1.60 bits per heavy atom. The van der Waals surface area contributed by atoms with E-state index in [-0.39, 0.29) is 6.04 Å². The van der Waals surface area contributed by atoms with Crippen LogP contribution in [0.3, 0.4) is 0 Å². The third kappa shape index (κ3) is 5.64. The smallest absolute Gasteiger partial charge is 0.0665 e. The highest BCUT2D eigenvalue weighted by Gasteiger charge is 2.13. The highest BCUT2D eigenvalue weighted by molar-refractivity contribution is 5.25. The van der Waals surface area contributed by atoms with Gasteiger partial charge in [-0.15, -0.1) is 0 Å². The molecule has 0 radical (unpaired) electrons. The summed E-state index contributed by atoms with van der Waals surface area (Å²) in [4.78, 5) is 0. The van der Waals surface area contributed by atoms with Crippen LogP contribution in [-0.2, 0) is 11.2 Å². The highest BCUT2D eigenvalue weighted by atomic mass is 16.5. The molecule has 114 valence electrons. The minimum absolute atomic E-state index is 0.268. The predicted molar refractivity (Wildman–Crippen MR) is 87.0 cm³/mol. The van der Waals surface area contributed by atoms with Gasteiger partial charge in [-0.1, -0.05) is 52.0 Å². The molecule has 0 aliphatic rings. The van der Waals surface area contributed by atoms with E-state index in [0.717, 1.165) is 13.0 Å². The lowest BCUT2D eigenvalue weighted by atomic mass is 9.99. The van der Waals surface area contributed by atoms with E-state index in [2.05, 4.69) is 64.2 Å². The van der Waals surface area contributed by atoms with Gasteiger partial charge in [0.2, 0.25) is 0 Å². The summed E-state index contributed by atoms with van der Waals surface area (Å²) in [5.74, 6) is 1.26. The monoisotopic (exact) mass is 277 g/mol. The average molecular weight is 277 g/mol. The SMILES string of the molecule is CNC(COC(C)C(C)C)c1ccc(CC(C)C)cc1. The van der Waals surface area contributed by atoms with Crippen molar-refractivity contribution in [2.24, 2.45) is 11.8 Å². The Morgan fingerprint density at radius 1 is 1.00 bits per heavy atom. The number of rotatable bonds is 8. The van der Waals surface area contributed by atoms with Gasteiger partial charge in [0.25, 0.3) is 0 Å². The van der Waals surface area contributed by atoms with Gasteiger partial charge in [-0.05, 0) is 43.4 Å². The second-order valence-corrected chi connectivity index (χ2v) is 6.46. The molecule has 2 atom stereocenters. The molecule has 0 saturated carbocycles. The van der Waals surface area contributed by atoms with E-state index < -0.39 is 0 Å². The van der Waals surface area contributed by atoms with Crippen LogP contribution in [-0.4, -0.2) is 19.8 Å². The number of likely N-dealkylation sites (N-methyl/N-ethyl adjacent to an activating group) is 1. The standard InChI is InChI=1S/C18H31NO/c1-13(2)11-16-7-9-17(10-8-16)18(19-6)12-20-15(5)14(3)4/h7-10,13-15,18-19H,11-12H2,1-6H3. The molecule has 1 aromatic rings. The lowest BCUT2D eigenvalue weighted by Crippen LogP contribution is -2.26. The van der Waals surface area contributed by atoms with Crippen molar-refractivity contribution in [1.82, 2.24) is 5.32 Å². The second-order valence-electron chi connectivity index (χ2n) is 6.46. The molecule has 20 heavy (non-hydrogen) atoms. The largest absolute Gasteiger partial charge is 0.376 e. The van der Waals surface area contributed by atoms with Gasteiger partial charge < -0.3 is 10.1 Å². The molecule has 0 fully saturated rings. The molecule has 2 nitrogen and oxygen atoms in total. The van der Waals surface area contributed by atoms with E-state index >= 15 is 0 Å². The van der Waals surface area contributed by atoms with Gasteiger partial charge in [-0.25, -0.2) is 0 Å².